The van der Waals surface area contributed by atoms with E-state index in [9.17, 15) is 4.79 Å². The molecule has 1 amide bonds. The van der Waals surface area contributed by atoms with Gasteiger partial charge in [0.05, 0.1) is 10.0 Å². The highest BCUT2D eigenvalue weighted by atomic mass is 35.5. The molecule has 0 radical (unpaired) electrons. The zero-order chi connectivity index (χ0) is 16.5. The molecule has 0 N–H and O–H groups in total. The molecule has 0 saturated carbocycles. The number of amides is 1. The van der Waals surface area contributed by atoms with E-state index in [1.165, 1.54) is 0 Å². The van der Waals surface area contributed by atoms with E-state index in [0.29, 0.717) is 10.0 Å². The van der Waals surface area contributed by atoms with E-state index < -0.39 is 0 Å². The van der Waals surface area contributed by atoms with Gasteiger partial charge in [-0.05, 0) is 23.1 Å². The van der Waals surface area contributed by atoms with Crippen LogP contribution in [0.15, 0.2) is 18.2 Å². The predicted octanol–water partition coefficient (Wildman–Crippen LogP) is 4.07. The fourth-order valence-electron chi connectivity index (χ4n) is 3.00. The van der Waals surface area contributed by atoms with Crippen LogP contribution in [0.25, 0.3) is 0 Å². The summed E-state index contributed by atoms with van der Waals surface area (Å²) in [6.07, 6.45) is 0. The van der Waals surface area contributed by atoms with E-state index in [-0.39, 0.29) is 17.4 Å². The van der Waals surface area contributed by atoms with Crippen LogP contribution in [0, 0.1) is 5.41 Å². The van der Waals surface area contributed by atoms with Gasteiger partial charge >= 0.3 is 0 Å². The maximum atomic E-state index is 11.9. The van der Waals surface area contributed by atoms with Crippen molar-refractivity contribution in [2.45, 2.75) is 40.3 Å². The number of hydrogen-bond donors (Lipinski definition) is 0. The van der Waals surface area contributed by atoms with Crippen LogP contribution in [0.3, 0.4) is 0 Å². The third-order valence-electron chi connectivity index (χ3n) is 4.26. The molecule has 122 valence electrons. The molecule has 1 fully saturated rings. The molecule has 0 aliphatic carbocycles. The first-order valence-corrected chi connectivity index (χ1v) is 8.37. The van der Waals surface area contributed by atoms with E-state index in [0.717, 1.165) is 31.7 Å². The van der Waals surface area contributed by atoms with Crippen molar-refractivity contribution in [3.05, 3.63) is 33.8 Å². The molecule has 22 heavy (non-hydrogen) atoms. The molecule has 1 saturated heterocycles. The van der Waals surface area contributed by atoms with Crippen LogP contribution in [0.1, 0.15) is 33.3 Å². The van der Waals surface area contributed by atoms with Crippen molar-refractivity contribution in [1.29, 1.82) is 0 Å². The van der Waals surface area contributed by atoms with E-state index in [1.54, 1.807) is 6.92 Å². The van der Waals surface area contributed by atoms with Crippen molar-refractivity contribution in [1.82, 2.24) is 9.80 Å². The van der Waals surface area contributed by atoms with Gasteiger partial charge in [0.15, 0.2) is 0 Å². The molecule has 0 bridgehead atoms. The quantitative estimate of drug-likeness (QED) is 0.808. The Morgan fingerprint density at radius 1 is 1.23 bits per heavy atom. The lowest BCUT2D eigenvalue weighted by Crippen LogP contribution is -2.58. The Morgan fingerprint density at radius 3 is 2.45 bits per heavy atom. The summed E-state index contributed by atoms with van der Waals surface area (Å²) >= 11 is 12.1. The molecule has 2 rings (SSSR count). The standard InChI is InChI=1S/C17H24Cl2N2O/c1-12(22)21-8-7-20(11-16(21)17(2,3)4)10-13-5-6-14(18)15(19)9-13/h5-6,9,16H,7-8,10-11H2,1-4H3. The summed E-state index contributed by atoms with van der Waals surface area (Å²) in [5.74, 6) is 0.161. The molecule has 5 heteroatoms. The second kappa shape index (κ2) is 6.77. The number of piperazine rings is 1. The fourth-order valence-corrected chi connectivity index (χ4v) is 3.32. The first kappa shape index (κ1) is 17.6. The van der Waals surface area contributed by atoms with Gasteiger partial charge in [-0.25, -0.2) is 0 Å². The highest BCUT2D eigenvalue weighted by molar-refractivity contribution is 6.42. The van der Waals surface area contributed by atoms with Crippen LogP contribution in [0.4, 0.5) is 0 Å². The van der Waals surface area contributed by atoms with Crippen LogP contribution in [-0.4, -0.2) is 41.4 Å². The minimum atomic E-state index is 0.0575. The van der Waals surface area contributed by atoms with Gasteiger partial charge in [-0.1, -0.05) is 50.0 Å². The smallest absolute Gasteiger partial charge is 0.219 e. The molecule has 1 atom stereocenters. The van der Waals surface area contributed by atoms with E-state index in [1.807, 2.05) is 23.1 Å². The maximum absolute atomic E-state index is 11.9. The first-order valence-electron chi connectivity index (χ1n) is 7.62. The van der Waals surface area contributed by atoms with Crippen molar-refractivity contribution in [3.63, 3.8) is 0 Å². The zero-order valence-electron chi connectivity index (χ0n) is 13.7. The molecule has 1 aliphatic rings. The Morgan fingerprint density at radius 2 is 1.91 bits per heavy atom. The zero-order valence-corrected chi connectivity index (χ0v) is 15.2. The highest BCUT2D eigenvalue weighted by Gasteiger charge is 2.36. The molecule has 3 nitrogen and oxygen atoms in total. The largest absolute Gasteiger partial charge is 0.337 e. The number of halogens is 2. The monoisotopic (exact) mass is 342 g/mol. The summed E-state index contributed by atoms with van der Waals surface area (Å²) in [5.41, 5.74) is 1.21. The number of benzene rings is 1. The number of carbonyl (C=O) groups excluding carboxylic acids is 1. The van der Waals surface area contributed by atoms with Crippen LogP contribution in [0.5, 0.6) is 0 Å². The summed E-state index contributed by atoms with van der Waals surface area (Å²) in [7, 11) is 0. The van der Waals surface area contributed by atoms with Crippen molar-refractivity contribution in [2.75, 3.05) is 19.6 Å². The summed E-state index contributed by atoms with van der Waals surface area (Å²) in [6, 6.07) is 6.00. The van der Waals surface area contributed by atoms with Crippen molar-refractivity contribution in [2.24, 2.45) is 5.41 Å². The molecule has 1 aromatic carbocycles. The number of hydrogen-bond acceptors (Lipinski definition) is 2. The Hall–Kier alpha value is -0.770. The molecule has 0 aromatic heterocycles. The number of nitrogens with zero attached hydrogens (tertiary/aromatic N) is 2. The number of carbonyl (C=O) groups is 1. The minimum Gasteiger partial charge on any atom is -0.337 e. The first-order chi connectivity index (χ1) is 10.2. The van der Waals surface area contributed by atoms with Gasteiger partial charge in [-0.3, -0.25) is 9.69 Å². The van der Waals surface area contributed by atoms with Crippen molar-refractivity contribution in [3.8, 4) is 0 Å². The van der Waals surface area contributed by atoms with Gasteiger partial charge in [-0.15, -0.1) is 0 Å². The van der Waals surface area contributed by atoms with E-state index in [4.69, 9.17) is 23.2 Å². The predicted molar refractivity (Wildman–Crippen MR) is 92.4 cm³/mol. The van der Waals surface area contributed by atoms with Gasteiger partial charge in [-0.2, -0.15) is 0 Å². The minimum absolute atomic E-state index is 0.0575. The van der Waals surface area contributed by atoms with Crippen molar-refractivity contribution < 1.29 is 4.79 Å². The third-order valence-corrected chi connectivity index (χ3v) is 5.00. The maximum Gasteiger partial charge on any atom is 0.219 e. The molecule has 1 aromatic rings. The Labute approximate surface area is 143 Å². The lowest BCUT2D eigenvalue weighted by atomic mass is 9.84. The van der Waals surface area contributed by atoms with Gasteiger partial charge in [0.1, 0.15) is 0 Å². The van der Waals surface area contributed by atoms with Gasteiger partial charge < -0.3 is 4.90 Å². The number of rotatable bonds is 2. The van der Waals surface area contributed by atoms with Gasteiger partial charge in [0.25, 0.3) is 0 Å². The van der Waals surface area contributed by atoms with Gasteiger partial charge in [0, 0.05) is 39.1 Å². The molecular formula is C17H24Cl2N2O. The van der Waals surface area contributed by atoms with Crippen molar-refractivity contribution >= 4 is 29.1 Å². The summed E-state index contributed by atoms with van der Waals surface area (Å²) < 4.78 is 0. The third kappa shape index (κ3) is 4.15. The van der Waals surface area contributed by atoms with E-state index in [2.05, 4.69) is 25.7 Å². The Balaban J connectivity index is 2.10. The second-order valence-electron chi connectivity index (χ2n) is 7.08. The second-order valence-corrected chi connectivity index (χ2v) is 7.89. The average molecular weight is 343 g/mol. The summed E-state index contributed by atoms with van der Waals surface area (Å²) in [4.78, 5) is 16.3. The molecule has 1 unspecified atom stereocenters. The Kier molecular flexibility index (Phi) is 5.41. The molecule has 1 heterocycles. The van der Waals surface area contributed by atoms with Crippen LogP contribution in [-0.2, 0) is 11.3 Å². The van der Waals surface area contributed by atoms with Crippen LogP contribution in [0.2, 0.25) is 10.0 Å². The lowest BCUT2D eigenvalue weighted by molar-refractivity contribution is -0.137. The molecular weight excluding hydrogens is 319 g/mol. The van der Waals surface area contributed by atoms with E-state index >= 15 is 0 Å². The van der Waals surface area contributed by atoms with Crippen LogP contribution < -0.4 is 0 Å². The summed E-state index contributed by atoms with van der Waals surface area (Å²) in [5, 5.41) is 1.17. The topological polar surface area (TPSA) is 23.6 Å². The SMILES string of the molecule is CC(=O)N1CCN(Cc2ccc(Cl)c(Cl)c2)CC1C(C)(C)C. The summed E-state index contributed by atoms with van der Waals surface area (Å²) in [6.45, 7) is 11.6. The lowest BCUT2D eigenvalue weighted by Gasteiger charge is -2.47. The fraction of sp³-hybridized carbons (Fsp3) is 0.588. The highest BCUT2D eigenvalue weighted by Crippen LogP contribution is 2.29. The van der Waals surface area contributed by atoms with Gasteiger partial charge in [0.2, 0.25) is 5.91 Å². The average Bonchev–Trinajstić information content (AvgIpc) is 2.41. The van der Waals surface area contributed by atoms with Crippen LogP contribution >= 0.6 is 23.2 Å². The molecule has 1 aliphatic heterocycles. The normalized spacial score (nSPS) is 20.3. The Bertz CT molecular complexity index is 554. The molecule has 0 spiro atoms.